The number of rotatable bonds is 5. The smallest absolute Gasteiger partial charge is 0.251 e. The number of nitrogens with zero attached hydrogens (tertiary/aromatic N) is 1. The van der Waals surface area contributed by atoms with E-state index in [0.29, 0.717) is 13.1 Å². The molecule has 0 fully saturated rings. The van der Waals surface area contributed by atoms with Gasteiger partial charge in [-0.15, -0.1) is 0 Å². The minimum Gasteiger partial charge on any atom is -0.389 e. The van der Waals surface area contributed by atoms with Gasteiger partial charge in [-0.2, -0.15) is 0 Å². The van der Waals surface area contributed by atoms with Gasteiger partial charge in [0.05, 0.1) is 5.60 Å². The number of carbonyl (C=O) groups is 1. The Balaban J connectivity index is 4.34. The van der Waals surface area contributed by atoms with E-state index in [0.717, 1.165) is 0 Å². The summed E-state index contributed by atoms with van der Waals surface area (Å²) in [6.07, 6.45) is -0.447. The van der Waals surface area contributed by atoms with Crippen molar-refractivity contribution >= 4 is 5.91 Å². The van der Waals surface area contributed by atoms with E-state index in [1.165, 1.54) is 7.11 Å². The first-order valence-corrected chi connectivity index (χ1v) is 4.85. The summed E-state index contributed by atoms with van der Waals surface area (Å²) in [4.78, 5) is 13.3. The number of ether oxygens (including phenoxy) is 1. The maximum Gasteiger partial charge on any atom is 0.251 e. The molecule has 0 aromatic rings. The van der Waals surface area contributed by atoms with Gasteiger partial charge in [-0.25, -0.2) is 0 Å². The lowest BCUT2D eigenvalue weighted by Gasteiger charge is -2.29. The van der Waals surface area contributed by atoms with Crippen LogP contribution in [-0.4, -0.2) is 47.8 Å². The third kappa shape index (κ3) is 4.58. The van der Waals surface area contributed by atoms with Crippen molar-refractivity contribution in [3.8, 4) is 0 Å². The summed E-state index contributed by atoms with van der Waals surface area (Å²) in [5.74, 6) is -0.0860. The summed E-state index contributed by atoms with van der Waals surface area (Å²) in [7, 11) is 1.50. The fourth-order valence-electron chi connectivity index (χ4n) is 1.17. The highest BCUT2D eigenvalue weighted by molar-refractivity contribution is 5.80. The molecular formula is C10H21NO3. The van der Waals surface area contributed by atoms with Crippen LogP contribution in [0.25, 0.3) is 0 Å². The molecule has 0 saturated carbocycles. The topological polar surface area (TPSA) is 49.8 Å². The molecule has 84 valence electrons. The van der Waals surface area contributed by atoms with E-state index in [9.17, 15) is 9.90 Å². The van der Waals surface area contributed by atoms with Crippen molar-refractivity contribution in [1.29, 1.82) is 0 Å². The number of amides is 1. The molecule has 0 aliphatic carbocycles. The van der Waals surface area contributed by atoms with Crippen LogP contribution in [0.4, 0.5) is 0 Å². The monoisotopic (exact) mass is 203 g/mol. The van der Waals surface area contributed by atoms with E-state index >= 15 is 0 Å². The van der Waals surface area contributed by atoms with Gasteiger partial charge in [-0.3, -0.25) is 4.79 Å². The first-order valence-electron chi connectivity index (χ1n) is 4.85. The second kappa shape index (κ2) is 5.32. The van der Waals surface area contributed by atoms with Crippen LogP contribution in [0.15, 0.2) is 0 Å². The van der Waals surface area contributed by atoms with Crippen LogP contribution in [0.3, 0.4) is 0 Å². The van der Waals surface area contributed by atoms with Crippen LogP contribution in [0.1, 0.15) is 27.7 Å². The molecule has 0 saturated heterocycles. The lowest BCUT2D eigenvalue weighted by atomic mass is 10.1. The Labute approximate surface area is 85.9 Å². The molecule has 14 heavy (non-hydrogen) atoms. The molecule has 1 N–H and O–H groups in total. The quantitative estimate of drug-likeness (QED) is 0.713. The fourth-order valence-corrected chi connectivity index (χ4v) is 1.17. The van der Waals surface area contributed by atoms with Gasteiger partial charge in [0.15, 0.2) is 0 Å². The molecule has 0 bridgehead atoms. The summed E-state index contributed by atoms with van der Waals surface area (Å²) >= 11 is 0. The number of likely N-dealkylation sites (N-methyl/N-ethyl adjacent to an activating group) is 1. The number of methoxy groups -OCH3 is 1. The van der Waals surface area contributed by atoms with Crippen molar-refractivity contribution < 1.29 is 14.6 Å². The average molecular weight is 203 g/mol. The Hall–Kier alpha value is -0.610. The van der Waals surface area contributed by atoms with Gasteiger partial charge in [0.25, 0.3) is 5.91 Å². The minimum atomic E-state index is -0.862. The van der Waals surface area contributed by atoms with E-state index in [1.54, 1.807) is 25.7 Å². The Bertz CT molecular complexity index is 186. The molecule has 0 aliphatic heterocycles. The maximum absolute atomic E-state index is 11.7. The number of carbonyl (C=O) groups excluding carboxylic acids is 1. The van der Waals surface area contributed by atoms with Gasteiger partial charge >= 0.3 is 0 Å². The standard InChI is InChI=1S/C10H21NO3/c1-6-11(7-10(3,4)13)9(12)8(2)14-5/h8,13H,6-7H2,1-5H3. The second-order valence-corrected chi connectivity index (χ2v) is 4.04. The molecule has 1 amide bonds. The van der Waals surface area contributed by atoms with Crippen LogP contribution in [0.5, 0.6) is 0 Å². The lowest BCUT2D eigenvalue weighted by Crippen LogP contribution is -2.46. The fraction of sp³-hybridized carbons (Fsp3) is 0.900. The SMILES string of the molecule is CCN(CC(C)(C)O)C(=O)C(C)OC. The summed E-state index contributed by atoms with van der Waals surface area (Å²) < 4.78 is 4.94. The van der Waals surface area contributed by atoms with E-state index in [2.05, 4.69) is 0 Å². The summed E-state index contributed by atoms with van der Waals surface area (Å²) in [5.41, 5.74) is -0.862. The lowest BCUT2D eigenvalue weighted by molar-refractivity contribution is -0.143. The number of aliphatic hydroxyl groups is 1. The first kappa shape index (κ1) is 13.4. The molecule has 1 unspecified atom stereocenters. The zero-order valence-electron chi connectivity index (χ0n) is 9.70. The van der Waals surface area contributed by atoms with Crippen LogP contribution in [0, 0.1) is 0 Å². The van der Waals surface area contributed by atoms with E-state index in [1.807, 2.05) is 6.92 Å². The van der Waals surface area contributed by atoms with Crippen molar-refractivity contribution in [3.63, 3.8) is 0 Å². The Morgan fingerprint density at radius 1 is 1.57 bits per heavy atom. The van der Waals surface area contributed by atoms with Crippen molar-refractivity contribution in [2.75, 3.05) is 20.2 Å². The third-order valence-corrected chi connectivity index (χ3v) is 1.97. The summed E-state index contributed by atoms with van der Waals surface area (Å²) in [5, 5.41) is 9.59. The van der Waals surface area contributed by atoms with Crippen LogP contribution in [0.2, 0.25) is 0 Å². The molecule has 0 aromatic heterocycles. The first-order chi connectivity index (χ1) is 6.31. The van der Waals surface area contributed by atoms with Gasteiger partial charge in [-0.05, 0) is 27.7 Å². The van der Waals surface area contributed by atoms with Gasteiger partial charge in [0.2, 0.25) is 0 Å². The predicted octanol–water partition coefficient (Wildman–Crippen LogP) is 0.641. The highest BCUT2D eigenvalue weighted by Gasteiger charge is 2.24. The van der Waals surface area contributed by atoms with Crippen molar-refractivity contribution in [2.45, 2.75) is 39.4 Å². The average Bonchev–Trinajstić information content (AvgIpc) is 2.10. The van der Waals surface area contributed by atoms with Gasteiger partial charge in [0, 0.05) is 20.2 Å². The van der Waals surface area contributed by atoms with Crippen molar-refractivity contribution in [3.05, 3.63) is 0 Å². The largest absolute Gasteiger partial charge is 0.389 e. The number of hydrogen-bond donors (Lipinski definition) is 1. The normalized spacial score (nSPS) is 13.9. The number of hydrogen-bond acceptors (Lipinski definition) is 3. The summed E-state index contributed by atoms with van der Waals surface area (Å²) in [6.45, 7) is 7.86. The van der Waals surface area contributed by atoms with Gasteiger partial charge < -0.3 is 14.7 Å². The molecule has 0 aromatic carbocycles. The Kier molecular flexibility index (Phi) is 5.08. The van der Waals surface area contributed by atoms with E-state index in [-0.39, 0.29) is 5.91 Å². The van der Waals surface area contributed by atoms with Crippen LogP contribution < -0.4 is 0 Å². The van der Waals surface area contributed by atoms with Gasteiger partial charge in [0.1, 0.15) is 6.10 Å². The molecule has 0 radical (unpaired) electrons. The van der Waals surface area contributed by atoms with E-state index in [4.69, 9.17) is 4.74 Å². The van der Waals surface area contributed by atoms with Crippen LogP contribution >= 0.6 is 0 Å². The van der Waals surface area contributed by atoms with Crippen molar-refractivity contribution in [2.24, 2.45) is 0 Å². The minimum absolute atomic E-state index is 0.0860. The predicted molar refractivity (Wildman–Crippen MR) is 55.0 cm³/mol. The second-order valence-electron chi connectivity index (χ2n) is 4.04. The van der Waals surface area contributed by atoms with E-state index < -0.39 is 11.7 Å². The summed E-state index contributed by atoms with van der Waals surface area (Å²) in [6, 6.07) is 0. The highest BCUT2D eigenvalue weighted by Crippen LogP contribution is 2.07. The maximum atomic E-state index is 11.7. The van der Waals surface area contributed by atoms with Gasteiger partial charge in [-0.1, -0.05) is 0 Å². The Morgan fingerprint density at radius 2 is 2.07 bits per heavy atom. The zero-order chi connectivity index (χ0) is 11.4. The molecule has 0 heterocycles. The Morgan fingerprint density at radius 3 is 2.36 bits per heavy atom. The molecule has 0 rings (SSSR count). The molecule has 0 spiro atoms. The van der Waals surface area contributed by atoms with Crippen molar-refractivity contribution in [1.82, 2.24) is 4.90 Å². The highest BCUT2D eigenvalue weighted by atomic mass is 16.5. The molecule has 4 nitrogen and oxygen atoms in total. The third-order valence-electron chi connectivity index (χ3n) is 1.97. The molecule has 4 heteroatoms. The molecule has 0 aliphatic rings. The zero-order valence-corrected chi connectivity index (χ0v) is 9.70. The molecule has 1 atom stereocenters. The molecular weight excluding hydrogens is 182 g/mol. The van der Waals surface area contributed by atoms with Crippen LogP contribution in [-0.2, 0) is 9.53 Å².